The van der Waals surface area contributed by atoms with Gasteiger partial charge in [-0.3, -0.25) is 4.79 Å². The van der Waals surface area contributed by atoms with Crippen LogP contribution in [0.15, 0.2) is 52.1 Å². The third-order valence-electron chi connectivity index (χ3n) is 5.24. The molecule has 0 spiro atoms. The van der Waals surface area contributed by atoms with Crippen molar-refractivity contribution in [1.29, 1.82) is 0 Å². The number of aliphatic imine (C=N–C) groups is 1. The van der Waals surface area contributed by atoms with Crippen LogP contribution < -0.4 is 4.74 Å². The quantitative estimate of drug-likeness (QED) is 0.626. The number of fused-ring (bicyclic) bond motifs is 1. The number of carbonyl (C=O) groups excluding carboxylic acids is 2. The van der Waals surface area contributed by atoms with Gasteiger partial charge in [-0.15, -0.1) is 0 Å². The number of allylic oxidation sites excluding steroid dienone is 1. The normalized spacial score (nSPS) is 20.5. The zero-order chi connectivity index (χ0) is 21.8. The van der Waals surface area contributed by atoms with Crippen molar-refractivity contribution >= 4 is 28.8 Å². The molecule has 1 aromatic rings. The number of morpholine rings is 1. The number of nitrogens with zero attached hydrogens (tertiary/aromatic N) is 3. The van der Waals surface area contributed by atoms with Crippen LogP contribution in [0.1, 0.15) is 25.5 Å². The lowest BCUT2D eigenvalue weighted by Gasteiger charge is -2.33. The molecule has 1 amide bonds. The van der Waals surface area contributed by atoms with Gasteiger partial charge in [0.1, 0.15) is 5.75 Å². The fourth-order valence-electron chi connectivity index (χ4n) is 3.69. The monoisotopic (exact) mass is 443 g/mol. The van der Waals surface area contributed by atoms with Crippen molar-refractivity contribution in [3.8, 4) is 5.75 Å². The van der Waals surface area contributed by atoms with Crippen molar-refractivity contribution < 1.29 is 23.8 Å². The lowest BCUT2D eigenvalue weighted by molar-refractivity contribution is -0.139. The molecular weight excluding hydrogens is 418 g/mol. The summed E-state index contributed by atoms with van der Waals surface area (Å²) in [6.45, 7) is 6.21. The Kier molecular flexibility index (Phi) is 6.62. The minimum absolute atomic E-state index is 0.0157. The second-order valence-electron chi connectivity index (χ2n) is 7.18. The molecule has 1 atom stereocenters. The highest BCUT2D eigenvalue weighted by atomic mass is 32.2. The summed E-state index contributed by atoms with van der Waals surface area (Å²) in [7, 11) is 0. The van der Waals surface area contributed by atoms with Crippen molar-refractivity contribution in [1.82, 2.24) is 9.80 Å². The Hall–Kier alpha value is -2.78. The smallest absolute Gasteiger partial charge is 0.338 e. The molecule has 3 aliphatic heterocycles. The fourth-order valence-corrected chi connectivity index (χ4v) is 4.48. The number of hydrogen-bond donors (Lipinski definition) is 0. The first kappa shape index (κ1) is 21.5. The molecule has 3 heterocycles. The fraction of sp³-hybridized carbons (Fsp3) is 0.409. The Balaban J connectivity index is 1.50. The molecule has 0 saturated carbocycles. The minimum atomic E-state index is -0.366. The number of hydrogen-bond acceptors (Lipinski definition) is 8. The van der Waals surface area contributed by atoms with Crippen LogP contribution in [0.5, 0.6) is 5.75 Å². The van der Waals surface area contributed by atoms with Crippen LogP contribution in [-0.4, -0.2) is 66.4 Å². The van der Waals surface area contributed by atoms with Crippen molar-refractivity contribution in [3.63, 3.8) is 0 Å². The molecule has 1 fully saturated rings. The summed E-state index contributed by atoms with van der Waals surface area (Å²) in [5, 5.41) is 2.77. The van der Waals surface area contributed by atoms with Gasteiger partial charge in [0.25, 0.3) is 5.91 Å². The first-order chi connectivity index (χ1) is 15.1. The highest BCUT2D eigenvalue weighted by molar-refractivity contribution is 8.16. The topological polar surface area (TPSA) is 80.7 Å². The van der Waals surface area contributed by atoms with Gasteiger partial charge in [0.15, 0.2) is 11.8 Å². The van der Waals surface area contributed by atoms with E-state index in [0.717, 1.165) is 10.7 Å². The lowest BCUT2D eigenvalue weighted by atomic mass is 9.95. The molecule has 1 saturated heterocycles. The largest absolute Gasteiger partial charge is 0.484 e. The van der Waals surface area contributed by atoms with Crippen LogP contribution in [0.2, 0.25) is 0 Å². The molecule has 4 rings (SSSR count). The van der Waals surface area contributed by atoms with Crippen molar-refractivity contribution in [2.45, 2.75) is 19.9 Å². The number of esters is 1. The minimum Gasteiger partial charge on any atom is -0.484 e. The second-order valence-corrected chi connectivity index (χ2v) is 8.05. The lowest BCUT2D eigenvalue weighted by Crippen LogP contribution is -2.42. The summed E-state index contributed by atoms with van der Waals surface area (Å²) in [6, 6.07) is 7.12. The summed E-state index contributed by atoms with van der Waals surface area (Å²) in [4.78, 5) is 33.3. The van der Waals surface area contributed by atoms with E-state index in [2.05, 4.69) is 4.99 Å². The summed E-state index contributed by atoms with van der Waals surface area (Å²) >= 11 is 1.52. The van der Waals surface area contributed by atoms with Crippen molar-refractivity contribution in [2.24, 2.45) is 4.99 Å². The van der Waals surface area contributed by atoms with Gasteiger partial charge in [-0.1, -0.05) is 23.9 Å². The number of rotatable bonds is 6. The number of ether oxygens (including phenoxy) is 3. The van der Waals surface area contributed by atoms with Crippen molar-refractivity contribution in [3.05, 3.63) is 52.7 Å². The van der Waals surface area contributed by atoms with E-state index >= 15 is 0 Å². The number of thioether (sulfide) groups is 1. The van der Waals surface area contributed by atoms with Crippen LogP contribution >= 0.6 is 11.8 Å². The Morgan fingerprint density at radius 3 is 2.68 bits per heavy atom. The molecule has 0 aromatic heterocycles. The Labute approximate surface area is 185 Å². The van der Waals surface area contributed by atoms with Crippen LogP contribution in [0, 0.1) is 0 Å². The molecule has 0 radical (unpaired) electrons. The molecule has 0 unspecified atom stereocenters. The highest BCUT2D eigenvalue weighted by Crippen LogP contribution is 2.41. The van der Waals surface area contributed by atoms with E-state index < -0.39 is 0 Å². The van der Waals surface area contributed by atoms with Gasteiger partial charge in [-0.05, 0) is 37.0 Å². The summed E-state index contributed by atoms with van der Waals surface area (Å²) in [6.07, 6.45) is 1.92. The van der Waals surface area contributed by atoms with Gasteiger partial charge in [-0.25, -0.2) is 9.79 Å². The SMILES string of the molecule is CCOC(=O)C1=C(C)N=C2SC=CN2[C@H]1c1ccc(OCC(=O)N2CCOCC2)cc1. The Bertz CT molecular complexity index is 935. The van der Waals surface area contributed by atoms with Gasteiger partial charge >= 0.3 is 5.97 Å². The average Bonchev–Trinajstić information content (AvgIpc) is 3.25. The Morgan fingerprint density at radius 2 is 1.97 bits per heavy atom. The van der Waals surface area contributed by atoms with Gasteiger partial charge in [-0.2, -0.15) is 0 Å². The van der Waals surface area contributed by atoms with Gasteiger partial charge in [0, 0.05) is 19.3 Å². The maximum atomic E-state index is 12.7. The number of benzene rings is 1. The predicted octanol–water partition coefficient (Wildman–Crippen LogP) is 2.69. The second kappa shape index (κ2) is 9.57. The molecule has 0 bridgehead atoms. The van der Waals surface area contributed by atoms with E-state index in [9.17, 15) is 9.59 Å². The molecule has 8 nitrogen and oxygen atoms in total. The van der Waals surface area contributed by atoms with E-state index in [0.29, 0.717) is 49.9 Å². The van der Waals surface area contributed by atoms with E-state index in [-0.39, 0.29) is 24.5 Å². The third-order valence-corrected chi connectivity index (χ3v) is 6.01. The van der Waals surface area contributed by atoms with E-state index in [1.54, 1.807) is 11.8 Å². The average molecular weight is 444 g/mol. The van der Waals surface area contributed by atoms with E-state index in [1.807, 2.05) is 47.7 Å². The zero-order valence-electron chi connectivity index (χ0n) is 17.6. The standard InChI is InChI=1S/C22H25N3O5S/c1-3-29-21(27)19-15(2)23-22-25(10-13-31-22)20(19)16-4-6-17(7-5-16)30-14-18(26)24-8-11-28-12-9-24/h4-7,10,13,20H,3,8-9,11-12,14H2,1-2H3/t20-/m0/s1. The van der Waals surface area contributed by atoms with Gasteiger partial charge in [0.05, 0.1) is 37.1 Å². The summed E-state index contributed by atoms with van der Waals surface area (Å²) in [5.41, 5.74) is 2.09. The zero-order valence-corrected chi connectivity index (χ0v) is 18.4. The van der Waals surface area contributed by atoms with Crippen LogP contribution in [0.3, 0.4) is 0 Å². The number of amidine groups is 1. The van der Waals surface area contributed by atoms with E-state index in [1.165, 1.54) is 11.8 Å². The third kappa shape index (κ3) is 4.62. The van der Waals surface area contributed by atoms with Crippen molar-refractivity contribution in [2.75, 3.05) is 39.5 Å². The molecule has 0 aliphatic carbocycles. The molecule has 0 N–H and O–H groups in total. The first-order valence-corrected chi connectivity index (χ1v) is 11.1. The van der Waals surface area contributed by atoms with E-state index in [4.69, 9.17) is 14.2 Å². The Morgan fingerprint density at radius 1 is 1.23 bits per heavy atom. The molecule has 9 heteroatoms. The number of carbonyl (C=O) groups is 2. The summed E-state index contributed by atoms with van der Waals surface area (Å²) in [5.74, 6) is 0.178. The molecular formula is C22H25N3O5S. The molecule has 3 aliphatic rings. The van der Waals surface area contributed by atoms with Gasteiger partial charge < -0.3 is 24.0 Å². The molecule has 164 valence electrons. The van der Waals surface area contributed by atoms with Crippen LogP contribution in [0.4, 0.5) is 0 Å². The molecule has 1 aromatic carbocycles. The van der Waals surface area contributed by atoms with Crippen LogP contribution in [-0.2, 0) is 19.1 Å². The summed E-state index contributed by atoms with van der Waals surface area (Å²) < 4.78 is 16.3. The van der Waals surface area contributed by atoms with Crippen LogP contribution in [0.25, 0.3) is 0 Å². The highest BCUT2D eigenvalue weighted by Gasteiger charge is 2.37. The maximum Gasteiger partial charge on any atom is 0.338 e. The maximum absolute atomic E-state index is 12.7. The predicted molar refractivity (Wildman–Crippen MR) is 117 cm³/mol. The van der Waals surface area contributed by atoms with Gasteiger partial charge in [0.2, 0.25) is 0 Å². The first-order valence-electron chi connectivity index (χ1n) is 10.2. The molecule has 31 heavy (non-hydrogen) atoms. The number of amides is 1.